The fraction of sp³-hybridized carbons (Fsp3) is 0.600. The molecule has 4 rings (SSSR count). The van der Waals surface area contributed by atoms with Crippen LogP contribution in [0, 0.1) is 11.3 Å². The maximum absolute atomic E-state index is 12.8. The Bertz CT molecular complexity index is 1090. The molecular weight excluding hydrogens is 460 g/mol. The fourth-order valence-corrected chi connectivity index (χ4v) is 3.74. The number of nitriles is 1. The number of piperidine rings is 1. The number of nitrogens with two attached hydrogens (primary N) is 1. The highest BCUT2D eigenvalue weighted by Gasteiger charge is 2.51. The van der Waals surface area contributed by atoms with Gasteiger partial charge in [-0.15, -0.1) is 0 Å². The van der Waals surface area contributed by atoms with Crippen LogP contribution in [0.5, 0.6) is 0 Å². The molecule has 2 amide bonds. The molecule has 1 aliphatic heterocycles. The van der Waals surface area contributed by atoms with E-state index in [4.69, 9.17) is 15.7 Å². The molecule has 2 aliphatic rings. The van der Waals surface area contributed by atoms with Gasteiger partial charge in [0.05, 0.1) is 17.4 Å². The Morgan fingerprint density at radius 2 is 1.75 bits per heavy atom. The van der Waals surface area contributed by atoms with Crippen LogP contribution in [-0.2, 0) is 15.1 Å². The zero-order valence-electron chi connectivity index (χ0n) is 21.7. The molecule has 3 heterocycles. The first-order valence-corrected chi connectivity index (χ1v) is 12.2. The summed E-state index contributed by atoms with van der Waals surface area (Å²) in [6, 6.07) is 4.10. The van der Waals surface area contributed by atoms with Crippen LogP contribution in [0.25, 0.3) is 0 Å². The summed E-state index contributed by atoms with van der Waals surface area (Å²) in [6.45, 7) is 10.4. The van der Waals surface area contributed by atoms with Gasteiger partial charge in [0.25, 0.3) is 0 Å². The van der Waals surface area contributed by atoms with Gasteiger partial charge < -0.3 is 25.3 Å². The van der Waals surface area contributed by atoms with Crippen molar-refractivity contribution in [1.82, 2.24) is 29.7 Å². The van der Waals surface area contributed by atoms with E-state index in [2.05, 4.69) is 20.3 Å². The first kappa shape index (κ1) is 27.1. The van der Waals surface area contributed by atoms with Crippen molar-refractivity contribution < 1.29 is 14.3 Å². The van der Waals surface area contributed by atoms with Gasteiger partial charge in [-0.3, -0.25) is 4.79 Å². The number of hydrogen-bond acceptors (Lipinski definition) is 8. The summed E-state index contributed by atoms with van der Waals surface area (Å²) < 4.78 is 7.28. The second kappa shape index (κ2) is 10.6. The molecule has 1 saturated heterocycles. The Balaban J connectivity index is 0.000000303. The maximum Gasteiger partial charge on any atom is 0.410 e. The van der Waals surface area contributed by atoms with Crippen molar-refractivity contribution in [3.63, 3.8) is 0 Å². The van der Waals surface area contributed by atoms with Gasteiger partial charge in [0.1, 0.15) is 11.7 Å². The summed E-state index contributed by atoms with van der Waals surface area (Å²) in [5.41, 5.74) is 4.82. The van der Waals surface area contributed by atoms with Gasteiger partial charge in [0, 0.05) is 37.7 Å². The molecule has 1 saturated carbocycles. The zero-order chi connectivity index (χ0) is 26.6. The van der Waals surface area contributed by atoms with E-state index in [0.717, 1.165) is 12.8 Å². The standard InChI is InChI=1S/C18H27N5O3.C7H9N3/c1-16(2,3)26-15(25)23-11-7-17(19,8-12-23)14(24)22-18(5-6-18)13-20-9-4-10-21-13;1-6(2)10-4-7(3-8)9-5-10/h4,9-10H,5-8,11-12,19H2,1-3H3,(H,22,24);4-6H,1-2H3. The van der Waals surface area contributed by atoms with Gasteiger partial charge in [0.15, 0.2) is 11.5 Å². The van der Waals surface area contributed by atoms with Crippen molar-refractivity contribution in [2.75, 3.05) is 13.1 Å². The third-order valence-corrected chi connectivity index (χ3v) is 6.17. The SMILES string of the molecule is CC(C)(C)OC(=O)N1CCC(N)(C(=O)NC2(c3ncccn3)CC2)CC1.CC(C)n1cnc(C#N)c1. The summed E-state index contributed by atoms with van der Waals surface area (Å²) in [7, 11) is 0. The van der Waals surface area contributed by atoms with Gasteiger partial charge in [-0.2, -0.15) is 5.26 Å². The molecule has 2 aromatic rings. The lowest BCUT2D eigenvalue weighted by atomic mass is 9.87. The number of likely N-dealkylation sites (tertiary alicyclic amines) is 1. The minimum atomic E-state index is -0.997. The van der Waals surface area contributed by atoms with Crippen molar-refractivity contribution in [3.8, 4) is 6.07 Å². The Kier molecular flexibility index (Phi) is 7.99. The minimum absolute atomic E-state index is 0.203. The van der Waals surface area contributed by atoms with E-state index in [0.29, 0.717) is 43.5 Å². The summed E-state index contributed by atoms with van der Waals surface area (Å²) in [6.07, 6.45) is 8.79. The van der Waals surface area contributed by atoms with Crippen LogP contribution in [-0.4, -0.2) is 60.6 Å². The van der Waals surface area contributed by atoms with Crippen molar-refractivity contribution in [2.24, 2.45) is 5.73 Å². The smallest absolute Gasteiger partial charge is 0.410 e. The molecular formula is C25H36N8O3. The highest BCUT2D eigenvalue weighted by atomic mass is 16.6. The number of carbonyl (C=O) groups is 2. The number of amides is 2. The average molecular weight is 497 g/mol. The van der Waals surface area contributed by atoms with Crippen LogP contribution in [0.3, 0.4) is 0 Å². The van der Waals surface area contributed by atoms with Crippen molar-refractivity contribution in [2.45, 2.75) is 83.0 Å². The Hall–Kier alpha value is -3.52. The number of ether oxygens (including phenoxy) is 1. The van der Waals surface area contributed by atoms with E-state index in [1.807, 2.05) is 45.3 Å². The first-order valence-electron chi connectivity index (χ1n) is 12.2. The lowest BCUT2D eigenvalue weighted by molar-refractivity contribution is -0.129. The highest BCUT2D eigenvalue weighted by molar-refractivity contribution is 5.87. The quantitative estimate of drug-likeness (QED) is 0.655. The number of rotatable bonds is 4. The molecule has 0 atom stereocenters. The van der Waals surface area contributed by atoms with Crippen LogP contribution in [0.15, 0.2) is 31.0 Å². The number of hydrogen-bond donors (Lipinski definition) is 2. The van der Waals surface area contributed by atoms with Gasteiger partial charge in [-0.05, 0) is 66.4 Å². The predicted molar refractivity (Wildman–Crippen MR) is 132 cm³/mol. The van der Waals surface area contributed by atoms with E-state index in [1.165, 1.54) is 0 Å². The normalized spacial score (nSPS) is 17.9. The minimum Gasteiger partial charge on any atom is -0.444 e. The van der Waals surface area contributed by atoms with Crippen LogP contribution >= 0.6 is 0 Å². The van der Waals surface area contributed by atoms with Gasteiger partial charge >= 0.3 is 6.09 Å². The van der Waals surface area contributed by atoms with Crippen LogP contribution in [0.1, 0.15) is 77.9 Å². The molecule has 1 aliphatic carbocycles. The van der Waals surface area contributed by atoms with Crippen molar-refractivity contribution in [3.05, 3.63) is 42.5 Å². The molecule has 0 spiro atoms. The van der Waals surface area contributed by atoms with Gasteiger partial charge in [-0.25, -0.2) is 19.7 Å². The number of imidazole rings is 1. The maximum atomic E-state index is 12.8. The number of carbonyl (C=O) groups excluding carboxylic acids is 2. The van der Waals surface area contributed by atoms with E-state index < -0.39 is 16.7 Å². The lowest BCUT2D eigenvalue weighted by Crippen LogP contribution is -2.61. The first-order chi connectivity index (χ1) is 16.9. The molecule has 0 radical (unpaired) electrons. The van der Waals surface area contributed by atoms with Crippen molar-refractivity contribution in [1.29, 1.82) is 5.26 Å². The van der Waals surface area contributed by atoms with Crippen LogP contribution in [0.2, 0.25) is 0 Å². The van der Waals surface area contributed by atoms with Crippen molar-refractivity contribution >= 4 is 12.0 Å². The highest BCUT2D eigenvalue weighted by Crippen LogP contribution is 2.44. The summed E-state index contributed by atoms with van der Waals surface area (Å²) in [5.74, 6) is 0.425. The second-order valence-corrected chi connectivity index (χ2v) is 10.6. The average Bonchev–Trinajstić information content (AvgIpc) is 3.44. The Labute approximate surface area is 212 Å². The molecule has 0 unspecified atom stereocenters. The predicted octanol–water partition coefficient (Wildman–Crippen LogP) is 2.65. The molecule has 0 bridgehead atoms. The summed E-state index contributed by atoms with van der Waals surface area (Å²) in [5, 5.41) is 11.5. The lowest BCUT2D eigenvalue weighted by Gasteiger charge is -2.39. The second-order valence-electron chi connectivity index (χ2n) is 10.6. The fourth-order valence-electron chi connectivity index (χ4n) is 3.74. The zero-order valence-corrected chi connectivity index (χ0v) is 21.7. The van der Waals surface area contributed by atoms with E-state index in [-0.39, 0.29) is 12.0 Å². The molecule has 36 heavy (non-hydrogen) atoms. The summed E-state index contributed by atoms with van der Waals surface area (Å²) in [4.78, 5) is 39.0. The topological polar surface area (TPSA) is 152 Å². The third-order valence-electron chi connectivity index (χ3n) is 6.17. The van der Waals surface area contributed by atoms with Gasteiger partial charge in [-0.1, -0.05) is 0 Å². The number of nitrogens with zero attached hydrogens (tertiary/aromatic N) is 6. The summed E-state index contributed by atoms with van der Waals surface area (Å²) >= 11 is 0. The molecule has 3 N–H and O–H groups in total. The monoisotopic (exact) mass is 496 g/mol. The van der Waals surface area contributed by atoms with E-state index in [9.17, 15) is 9.59 Å². The van der Waals surface area contributed by atoms with E-state index in [1.54, 1.807) is 35.9 Å². The van der Waals surface area contributed by atoms with E-state index >= 15 is 0 Å². The number of nitrogens with one attached hydrogen (secondary N) is 1. The largest absolute Gasteiger partial charge is 0.444 e. The van der Waals surface area contributed by atoms with Crippen LogP contribution in [0.4, 0.5) is 4.79 Å². The molecule has 11 heteroatoms. The van der Waals surface area contributed by atoms with Gasteiger partial charge in [0.2, 0.25) is 5.91 Å². The molecule has 194 valence electrons. The Morgan fingerprint density at radius 1 is 1.14 bits per heavy atom. The molecule has 11 nitrogen and oxygen atoms in total. The molecule has 2 fully saturated rings. The van der Waals surface area contributed by atoms with Crippen LogP contribution < -0.4 is 11.1 Å². The Morgan fingerprint density at radius 3 is 2.19 bits per heavy atom. The molecule has 0 aromatic carbocycles. The molecule has 2 aromatic heterocycles. The number of aromatic nitrogens is 4. The third kappa shape index (κ3) is 6.79.